The maximum absolute atomic E-state index is 12.9. The number of ether oxygens (including phenoxy) is 2. The van der Waals surface area contributed by atoms with Crippen LogP contribution in [0, 0.1) is 0 Å². The summed E-state index contributed by atoms with van der Waals surface area (Å²) in [5.74, 6) is 1.49. The number of rotatable bonds is 3. The average molecular weight is 388 g/mol. The molecule has 0 spiro atoms. The van der Waals surface area contributed by atoms with Gasteiger partial charge in [-0.15, -0.1) is 10.2 Å². The van der Waals surface area contributed by atoms with Crippen molar-refractivity contribution in [1.29, 1.82) is 0 Å². The lowest BCUT2D eigenvalue weighted by Crippen LogP contribution is -2.06. The molecular formula is C15H9ClF3N3O2S. The van der Waals surface area contributed by atoms with Crippen molar-refractivity contribution < 1.29 is 22.6 Å². The highest BCUT2D eigenvalue weighted by atomic mass is 35.5. The quantitative estimate of drug-likeness (QED) is 0.622. The number of benzene rings is 1. The minimum absolute atomic E-state index is 0.112. The largest absolute Gasteiger partial charge is 0.454 e. The van der Waals surface area contributed by atoms with Gasteiger partial charge in [0.25, 0.3) is 0 Å². The topological polar surface area (TPSA) is 48.7 Å². The highest BCUT2D eigenvalue weighted by Crippen LogP contribution is 2.41. The van der Waals surface area contributed by atoms with Crippen molar-refractivity contribution in [3.05, 3.63) is 46.6 Å². The number of aromatic nitrogens is 3. The number of fused-ring (bicyclic) bond motifs is 2. The molecule has 0 atom stereocenters. The molecule has 0 radical (unpaired) electrons. The maximum Gasteiger partial charge on any atom is 0.417 e. The molecule has 1 aromatic carbocycles. The van der Waals surface area contributed by atoms with Crippen molar-refractivity contribution in [3.63, 3.8) is 0 Å². The van der Waals surface area contributed by atoms with Crippen LogP contribution in [0.2, 0.25) is 5.02 Å². The van der Waals surface area contributed by atoms with Crippen molar-refractivity contribution in [1.82, 2.24) is 14.6 Å². The van der Waals surface area contributed by atoms with Crippen LogP contribution in [-0.2, 0) is 11.9 Å². The lowest BCUT2D eigenvalue weighted by Gasteiger charge is -2.07. The van der Waals surface area contributed by atoms with E-state index in [4.69, 9.17) is 21.1 Å². The van der Waals surface area contributed by atoms with Gasteiger partial charge < -0.3 is 9.47 Å². The fraction of sp³-hybridized carbons (Fsp3) is 0.200. The molecule has 0 N–H and O–H groups in total. The molecule has 5 nitrogen and oxygen atoms in total. The molecule has 3 aromatic rings. The van der Waals surface area contributed by atoms with E-state index in [1.807, 2.05) is 0 Å². The van der Waals surface area contributed by atoms with Crippen LogP contribution < -0.4 is 9.47 Å². The third-order valence-electron chi connectivity index (χ3n) is 3.55. The number of nitrogens with zero attached hydrogens (tertiary/aromatic N) is 3. The number of hydrogen-bond donors (Lipinski definition) is 0. The number of pyridine rings is 1. The van der Waals surface area contributed by atoms with Gasteiger partial charge in [-0.05, 0) is 29.8 Å². The van der Waals surface area contributed by atoms with Gasteiger partial charge in [-0.1, -0.05) is 23.4 Å². The summed E-state index contributed by atoms with van der Waals surface area (Å²) in [6.45, 7) is 0.112. The summed E-state index contributed by atoms with van der Waals surface area (Å²) in [5.41, 5.74) is 0.426. The van der Waals surface area contributed by atoms with Gasteiger partial charge in [0.15, 0.2) is 22.3 Å². The Morgan fingerprint density at radius 1 is 1.20 bits per heavy atom. The number of thioether (sulfide) groups is 1. The first-order valence-electron chi connectivity index (χ1n) is 7.04. The molecule has 4 rings (SSSR count). The van der Waals surface area contributed by atoms with Crippen molar-refractivity contribution in [3.8, 4) is 11.5 Å². The highest BCUT2D eigenvalue weighted by Gasteiger charge is 2.31. The van der Waals surface area contributed by atoms with Crippen LogP contribution in [0.15, 0.2) is 35.6 Å². The first kappa shape index (κ1) is 16.3. The molecule has 0 amide bonds. The van der Waals surface area contributed by atoms with E-state index in [1.54, 1.807) is 12.1 Å². The lowest BCUT2D eigenvalue weighted by molar-refractivity contribution is -0.137. The van der Waals surface area contributed by atoms with E-state index in [0.29, 0.717) is 33.1 Å². The summed E-state index contributed by atoms with van der Waals surface area (Å²) in [4.78, 5) is 0. The SMILES string of the molecule is FC(F)(F)c1ccc2nnc(SCc3cc(Cl)c4c(c3)OCO4)n2c1. The Kier molecular flexibility index (Phi) is 3.92. The number of halogens is 4. The second kappa shape index (κ2) is 5.99. The maximum atomic E-state index is 12.9. The predicted molar refractivity (Wildman–Crippen MR) is 85.1 cm³/mol. The van der Waals surface area contributed by atoms with Crippen LogP contribution in [0.3, 0.4) is 0 Å². The molecule has 130 valence electrons. The summed E-state index contributed by atoms with van der Waals surface area (Å²) in [6, 6.07) is 5.78. The molecule has 0 aliphatic carbocycles. The lowest BCUT2D eigenvalue weighted by atomic mass is 10.2. The number of alkyl halides is 3. The van der Waals surface area contributed by atoms with Crippen molar-refractivity contribution in [2.75, 3.05) is 6.79 Å². The Morgan fingerprint density at radius 2 is 2.04 bits per heavy atom. The summed E-state index contributed by atoms with van der Waals surface area (Å²) < 4.78 is 50.5. The van der Waals surface area contributed by atoms with Gasteiger partial charge >= 0.3 is 6.18 Å². The van der Waals surface area contributed by atoms with E-state index in [2.05, 4.69) is 10.2 Å². The molecule has 0 saturated heterocycles. The van der Waals surface area contributed by atoms with E-state index >= 15 is 0 Å². The van der Waals surface area contributed by atoms with Crippen molar-refractivity contribution in [2.24, 2.45) is 0 Å². The predicted octanol–water partition coefficient (Wildman–Crippen LogP) is 4.42. The minimum atomic E-state index is -4.43. The van der Waals surface area contributed by atoms with Crippen molar-refractivity contribution >= 4 is 29.0 Å². The molecule has 3 heterocycles. The normalized spacial score (nSPS) is 13.6. The Morgan fingerprint density at radius 3 is 2.84 bits per heavy atom. The van der Waals surface area contributed by atoms with E-state index in [0.717, 1.165) is 17.8 Å². The summed E-state index contributed by atoms with van der Waals surface area (Å²) in [6.07, 6.45) is -3.43. The van der Waals surface area contributed by atoms with Gasteiger partial charge in [0.1, 0.15) is 0 Å². The summed E-state index contributed by atoms with van der Waals surface area (Å²) in [7, 11) is 0. The summed E-state index contributed by atoms with van der Waals surface area (Å²) >= 11 is 7.38. The van der Waals surface area contributed by atoms with E-state index in [-0.39, 0.29) is 6.79 Å². The molecule has 25 heavy (non-hydrogen) atoms. The monoisotopic (exact) mass is 387 g/mol. The molecule has 1 aliphatic rings. The van der Waals surface area contributed by atoms with Crippen LogP contribution in [0.5, 0.6) is 11.5 Å². The third kappa shape index (κ3) is 3.09. The smallest absolute Gasteiger partial charge is 0.417 e. The van der Waals surface area contributed by atoms with Crippen LogP contribution in [-0.4, -0.2) is 21.4 Å². The van der Waals surface area contributed by atoms with Crippen molar-refractivity contribution in [2.45, 2.75) is 17.1 Å². The van der Waals surface area contributed by atoms with E-state index < -0.39 is 11.7 Å². The highest BCUT2D eigenvalue weighted by molar-refractivity contribution is 7.98. The minimum Gasteiger partial charge on any atom is -0.454 e. The van der Waals surface area contributed by atoms with Gasteiger partial charge in [0.2, 0.25) is 6.79 Å². The van der Waals surface area contributed by atoms with Gasteiger partial charge in [-0.2, -0.15) is 13.2 Å². The van der Waals surface area contributed by atoms with E-state index in [9.17, 15) is 13.2 Å². The molecular weight excluding hydrogens is 379 g/mol. The number of hydrogen-bond acceptors (Lipinski definition) is 5. The molecule has 0 saturated carbocycles. The molecule has 1 aliphatic heterocycles. The van der Waals surface area contributed by atoms with Crippen LogP contribution >= 0.6 is 23.4 Å². The fourth-order valence-corrected chi connectivity index (χ4v) is 3.52. The van der Waals surface area contributed by atoms with Crippen LogP contribution in [0.1, 0.15) is 11.1 Å². The van der Waals surface area contributed by atoms with E-state index in [1.165, 1.54) is 22.2 Å². The average Bonchev–Trinajstić information content (AvgIpc) is 3.18. The Balaban J connectivity index is 1.60. The van der Waals surface area contributed by atoms with Gasteiger partial charge in [0.05, 0.1) is 10.6 Å². The van der Waals surface area contributed by atoms with Crippen LogP contribution in [0.4, 0.5) is 13.2 Å². The Hall–Kier alpha value is -2.13. The second-order valence-electron chi connectivity index (χ2n) is 5.23. The molecule has 0 bridgehead atoms. The summed E-state index contributed by atoms with van der Waals surface area (Å²) in [5, 5.41) is 8.61. The first-order chi connectivity index (χ1) is 11.9. The molecule has 0 fully saturated rings. The van der Waals surface area contributed by atoms with Crippen LogP contribution in [0.25, 0.3) is 5.65 Å². The van der Waals surface area contributed by atoms with Gasteiger partial charge in [-0.25, -0.2) is 0 Å². The zero-order valence-electron chi connectivity index (χ0n) is 12.4. The third-order valence-corrected chi connectivity index (χ3v) is 4.85. The van der Waals surface area contributed by atoms with Gasteiger partial charge in [-0.3, -0.25) is 4.40 Å². The second-order valence-corrected chi connectivity index (χ2v) is 6.58. The van der Waals surface area contributed by atoms with Gasteiger partial charge in [0, 0.05) is 11.9 Å². The molecule has 0 unspecified atom stereocenters. The zero-order valence-corrected chi connectivity index (χ0v) is 14.0. The first-order valence-corrected chi connectivity index (χ1v) is 8.41. The Labute approximate surface area is 148 Å². The molecule has 10 heteroatoms. The standard InChI is InChI=1S/C15H9ClF3N3O2S/c16-10-3-8(4-11-13(10)24-7-23-11)6-25-14-21-20-12-2-1-9(5-22(12)14)15(17,18)19/h1-5H,6-7H2. The molecule has 2 aromatic heterocycles. The zero-order chi connectivity index (χ0) is 17.6. The fourth-order valence-electron chi connectivity index (χ4n) is 2.39. The Bertz CT molecular complexity index is 961.